The van der Waals surface area contributed by atoms with Gasteiger partial charge < -0.3 is 0 Å². The molecule has 1 N–H and O–H groups in total. The molecule has 22 heavy (non-hydrogen) atoms. The molecule has 0 amide bonds. The van der Waals surface area contributed by atoms with Gasteiger partial charge in [-0.05, 0) is 0 Å². The second kappa shape index (κ2) is 10.3. The van der Waals surface area contributed by atoms with Crippen LogP contribution in [0.4, 0.5) is 0 Å². The van der Waals surface area contributed by atoms with E-state index in [1.807, 2.05) is 0 Å². The van der Waals surface area contributed by atoms with Crippen LogP contribution in [0.5, 0.6) is 0 Å². The molecule has 0 unspecified atom stereocenters. The topological polar surface area (TPSA) is 63.6 Å². The minimum atomic E-state index is -4.38. The van der Waals surface area contributed by atoms with E-state index in [0.717, 1.165) is 72.2 Å². The van der Waals surface area contributed by atoms with Gasteiger partial charge in [-0.2, -0.15) is 0 Å². The summed E-state index contributed by atoms with van der Waals surface area (Å²) in [4.78, 5) is 0. The van der Waals surface area contributed by atoms with Crippen molar-refractivity contribution in [1.82, 2.24) is 0 Å². The first-order valence-electron chi connectivity index (χ1n) is 8.96. The first kappa shape index (κ1) is 22.4. The molecule has 0 aliphatic heterocycles. The van der Waals surface area contributed by atoms with Crippen molar-refractivity contribution in [3.8, 4) is 0 Å². The second-order valence-corrected chi connectivity index (χ2v) is 20.2. The van der Waals surface area contributed by atoms with Crippen LogP contribution in [-0.4, -0.2) is 25.8 Å². The fourth-order valence-corrected chi connectivity index (χ4v) is 21.6. The van der Waals surface area contributed by atoms with Gasteiger partial charge in [0.1, 0.15) is 0 Å². The number of unbranched alkanes of at least 4 members (excludes halogenated alkanes) is 4. The van der Waals surface area contributed by atoms with Crippen molar-refractivity contribution in [2.24, 2.45) is 0 Å². The molecule has 0 fully saturated rings. The molecule has 136 valence electrons. The van der Waals surface area contributed by atoms with Crippen molar-refractivity contribution in [3.05, 3.63) is 0 Å². The van der Waals surface area contributed by atoms with Gasteiger partial charge in [0.05, 0.1) is 0 Å². The molecule has 0 saturated carbocycles. The second-order valence-electron chi connectivity index (χ2n) is 6.67. The summed E-state index contributed by atoms with van der Waals surface area (Å²) in [6.45, 7) is 8.52. The first-order chi connectivity index (χ1) is 10.3. The van der Waals surface area contributed by atoms with E-state index in [0.29, 0.717) is 0 Å². The molecule has 0 atom stereocenters. The summed E-state index contributed by atoms with van der Waals surface area (Å²) in [5, 5.41) is 3.54. The van der Waals surface area contributed by atoms with Gasteiger partial charge in [0.15, 0.2) is 0 Å². The van der Waals surface area contributed by atoms with Gasteiger partial charge in [0, 0.05) is 0 Å². The molecular weight excluding hydrogens is 363 g/mol. The average molecular weight is 400 g/mol. The maximum atomic E-state index is 11.7. The van der Waals surface area contributed by atoms with Crippen LogP contribution in [-0.2, 0) is 13.6 Å². The van der Waals surface area contributed by atoms with Gasteiger partial charge in [-0.25, -0.2) is 0 Å². The van der Waals surface area contributed by atoms with Crippen molar-refractivity contribution >= 4 is 23.2 Å². The van der Waals surface area contributed by atoms with Crippen LogP contribution in [0.3, 0.4) is 0 Å². The van der Waals surface area contributed by atoms with Crippen molar-refractivity contribution in [3.63, 3.8) is 0 Å². The Morgan fingerprint density at radius 2 is 1.00 bits per heavy atom. The van der Waals surface area contributed by atoms with E-state index >= 15 is 0 Å². The van der Waals surface area contributed by atoms with E-state index in [1.165, 1.54) is 0 Å². The third-order valence-electron chi connectivity index (χ3n) is 4.61. The molecule has 0 aliphatic carbocycles. The summed E-state index contributed by atoms with van der Waals surface area (Å²) in [6.07, 6.45) is 8.14. The van der Waals surface area contributed by atoms with Crippen LogP contribution in [0.25, 0.3) is 0 Å². The van der Waals surface area contributed by atoms with Crippen molar-refractivity contribution in [2.45, 2.75) is 99.9 Å². The Kier molecular flexibility index (Phi) is 10.5. The summed E-state index contributed by atoms with van der Waals surface area (Å²) in [6, 6.07) is 0. The predicted molar refractivity (Wildman–Crippen MR) is 97.2 cm³/mol. The third-order valence-corrected chi connectivity index (χ3v) is 21.2. The average Bonchev–Trinajstić information content (AvgIpc) is 2.46. The summed E-state index contributed by atoms with van der Waals surface area (Å²) in [5.41, 5.74) is 0. The molecule has 0 rings (SSSR count). The molecule has 0 aromatic carbocycles. The Bertz CT molecular complexity index is 351. The van der Waals surface area contributed by atoms with Crippen LogP contribution >= 0.6 is 0 Å². The minimum absolute atomic E-state index is 0.884. The first-order valence-corrected chi connectivity index (χ1v) is 16.4. The number of rotatable bonds is 14. The molecule has 0 heterocycles. The molecule has 0 saturated heterocycles. The van der Waals surface area contributed by atoms with Gasteiger partial charge in [-0.15, -0.1) is 0 Å². The molecule has 0 radical (unpaired) electrons. The quantitative estimate of drug-likeness (QED) is 0.291. The standard InChI is InChI=1S/C16H37AsO4S/c1-5-9-13-17(14-10-6-2,15-11-7-3,16-12-8-4)21-22(18,19)20/h5-16H2,1-4H3,(H,18,19,20). The van der Waals surface area contributed by atoms with Crippen LogP contribution in [0.2, 0.25) is 20.8 Å². The fraction of sp³-hybridized carbons (Fsp3) is 1.00. The molecule has 6 heteroatoms. The Labute approximate surface area is 139 Å². The molecule has 0 spiro atoms. The van der Waals surface area contributed by atoms with E-state index in [1.54, 1.807) is 0 Å². The van der Waals surface area contributed by atoms with Crippen LogP contribution < -0.4 is 0 Å². The van der Waals surface area contributed by atoms with Gasteiger partial charge in [0.25, 0.3) is 0 Å². The Balaban J connectivity index is 5.76. The summed E-state index contributed by atoms with van der Waals surface area (Å²) in [5.74, 6) is 0. The van der Waals surface area contributed by atoms with Gasteiger partial charge in [-0.1, -0.05) is 0 Å². The predicted octanol–water partition coefficient (Wildman–Crippen LogP) is 5.91. The molecule has 0 aromatic heterocycles. The van der Waals surface area contributed by atoms with Gasteiger partial charge in [-0.3, -0.25) is 0 Å². The van der Waals surface area contributed by atoms with Gasteiger partial charge >= 0.3 is 139 Å². The van der Waals surface area contributed by atoms with E-state index in [2.05, 4.69) is 27.7 Å². The number of hydrogen-bond acceptors (Lipinski definition) is 3. The van der Waals surface area contributed by atoms with Crippen LogP contribution in [0.1, 0.15) is 79.1 Å². The summed E-state index contributed by atoms with van der Waals surface area (Å²) in [7, 11) is -4.38. The Morgan fingerprint density at radius 3 is 1.18 bits per heavy atom. The zero-order chi connectivity index (χ0) is 17.1. The van der Waals surface area contributed by atoms with Gasteiger partial charge in [0.2, 0.25) is 0 Å². The van der Waals surface area contributed by atoms with E-state index in [-0.39, 0.29) is 0 Å². The monoisotopic (exact) mass is 400 g/mol. The van der Waals surface area contributed by atoms with E-state index in [4.69, 9.17) is 3.17 Å². The molecule has 0 aromatic rings. The Hall–Kier alpha value is 0.428. The van der Waals surface area contributed by atoms with Crippen LogP contribution in [0, 0.1) is 0 Å². The summed E-state index contributed by atoms with van der Waals surface area (Å²) < 4.78 is 38.6. The normalized spacial score (nSPS) is 14.7. The molecule has 0 bridgehead atoms. The SMILES string of the molecule is CCCC[As](CCCC)(CCCC)(CCCC)OS(=O)(=O)O. The van der Waals surface area contributed by atoms with Crippen molar-refractivity contribution in [2.75, 3.05) is 0 Å². The third kappa shape index (κ3) is 7.81. The zero-order valence-electron chi connectivity index (χ0n) is 15.0. The van der Waals surface area contributed by atoms with Crippen molar-refractivity contribution in [1.29, 1.82) is 0 Å². The molecule has 0 aliphatic rings. The van der Waals surface area contributed by atoms with Crippen LogP contribution in [0.15, 0.2) is 0 Å². The fourth-order valence-electron chi connectivity index (χ4n) is 3.32. The van der Waals surface area contributed by atoms with Crippen molar-refractivity contribution < 1.29 is 16.1 Å². The zero-order valence-corrected chi connectivity index (χ0v) is 17.7. The maximum absolute atomic E-state index is 11.7. The molecular formula is C16H37AsO4S. The summed E-state index contributed by atoms with van der Waals surface area (Å²) >= 11 is -3.56. The number of hydrogen-bond donors (Lipinski definition) is 1. The molecule has 4 nitrogen and oxygen atoms in total. The van der Waals surface area contributed by atoms with E-state index < -0.39 is 23.2 Å². The van der Waals surface area contributed by atoms with E-state index in [9.17, 15) is 13.0 Å². The Morgan fingerprint density at radius 1 is 0.727 bits per heavy atom.